The number of nitrogens with one attached hydrogen (secondary N) is 1. The van der Waals surface area contributed by atoms with Gasteiger partial charge in [-0.2, -0.15) is 4.98 Å². The molecular formula is C15H28N4O. The highest BCUT2D eigenvalue weighted by molar-refractivity contribution is 4.92. The van der Waals surface area contributed by atoms with Crippen molar-refractivity contribution in [2.45, 2.75) is 51.5 Å². The third kappa shape index (κ3) is 4.56. The third-order valence-electron chi connectivity index (χ3n) is 4.10. The zero-order valence-corrected chi connectivity index (χ0v) is 13.1. The van der Waals surface area contributed by atoms with Crippen LogP contribution in [0.3, 0.4) is 0 Å². The lowest BCUT2D eigenvalue weighted by atomic mass is 9.82. The van der Waals surface area contributed by atoms with Gasteiger partial charge in [-0.05, 0) is 39.4 Å². The van der Waals surface area contributed by atoms with E-state index in [0.717, 1.165) is 37.6 Å². The SMILES string of the molecule is CCNC1CCCCC1Cc1nc(CCN(C)C)no1. The Bertz CT molecular complexity index is 389. The van der Waals surface area contributed by atoms with Crippen molar-refractivity contribution in [2.75, 3.05) is 27.2 Å². The summed E-state index contributed by atoms with van der Waals surface area (Å²) in [6.07, 6.45) is 7.00. The van der Waals surface area contributed by atoms with Crippen molar-refractivity contribution in [2.24, 2.45) is 5.92 Å². The fraction of sp³-hybridized carbons (Fsp3) is 0.867. The zero-order valence-electron chi connectivity index (χ0n) is 13.1. The summed E-state index contributed by atoms with van der Waals surface area (Å²) < 4.78 is 5.42. The monoisotopic (exact) mass is 280 g/mol. The van der Waals surface area contributed by atoms with Gasteiger partial charge in [0.05, 0.1) is 0 Å². The summed E-state index contributed by atoms with van der Waals surface area (Å²) in [5.41, 5.74) is 0. The molecule has 2 atom stereocenters. The molecule has 2 unspecified atom stereocenters. The molecule has 1 saturated carbocycles. The summed E-state index contributed by atoms with van der Waals surface area (Å²) in [6, 6.07) is 0.617. The molecule has 5 nitrogen and oxygen atoms in total. The summed E-state index contributed by atoms with van der Waals surface area (Å²) in [6.45, 7) is 4.18. The largest absolute Gasteiger partial charge is 0.339 e. The Hall–Kier alpha value is -0.940. The Balaban J connectivity index is 1.88. The van der Waals surface area contributed by atoms with Crippen LogP contribution in [0.4, 0.5) is 0 Å². The van der Waals surface area contributed by atoms with E-state index in [1.165, 1.54) is 25.7 Å². The number of nitrogens with zero attached hydrogens (tertiary/aromatic N) is 3. The molecule has 1 heterocycles. The average Bonchev–Trinajstić information content (AvgIpc) is 2.87. The molecule has 1 aliphatic carbocycles. The van der Waals surface area contributed by atoms with Gasteiger partial charge < -0.3 is 14.7 Å². The van der Waals surface area contributed by atoms with E-state index in [2.05, 4.69) is 41.4 Å². The van der Waals surface area contributed by atoms with Gasteiger partial charge in [0.1, 0.15) is 0 Å². The second-order valence-corrected chi connectivity index (χ2v) is 6.07. The van der Waals surface area contributed by atoms with Crippen molar-refractivity contribution in [1.29, 1.82) is 0 Å². The maximum atomic E-state index is 5.42. The molecule has 1 N–H and O–H groups in total. The normalized spacial score (nSPS) is 23.4. The van der Waals surface area contributed by atoms with Crippen LogP contribution in [0.5, 0.6) is 0 Å². The molecule has 0 spiro atoms. The molecule has 0 saturated heterocycles. The average molecular weight is 280 g/mol. The molecule has 1 aliphatic rings. The zero-order chi connectivity index (χ0) is 14.4. The first-order valence-electron chi connectivity index (χ1n) is 7.88. The lowest BCUT2D eigenvalue weighted by Crippen LogP contribution is -2.39. The smallest absolute Gasteiger partial charge is 0.226 e. The van der Waals surface area contributed by atoms with Crippen molar-refractivity contribution in [3.05, 3.63) is 11.7 Å². The number of rotatable bonds is 7. The van der Waals surface area contributed by atoms with E-state index in [0.29, 0.717) is 12.0 Å². The quantitative estimate of drug-likeness (QED) is 0.826. The van der Waals surface area contributed by atoms with Crippen LogP contribution in [0.25, 0.3) is 0 Å². The van der Waals surface area contributed by atoms with Gasteiger partial charge >= 0.3 is 0 Å². The van der Waals surface area contributed by atoms with E-state index in [9.17, 15) is 0 Å². The first-order valence-corrected chi connectivity index (χ1v) is 7.88. The molecule has 0 aliphatic heterocycles. The van der Waals surface area contributed by atoms with E-state index >= 15 is 0 Å². The Morgan fingerprint density at radius 1 is 1.30 bits per heavy atom. The van der Waals surface area contributed by atoms with Crippen LogP contribution in [0.1, 0.15) is 44.3 Å². The number of hydrogen-bond acceptors (Lipinski definition) is 5. The van der Waals surface area contributed by atoms with Crippen LogP contribution in [0.15, 0.2) is 4.52 Å². The highest BCUT2D eigenvalue weighted by Crippen LogP contribution is 2.27. The number of hydrogen-bond donors (Lipinski definition) is 1. The van der Waals surface area contributed by atoms with E-state index in [4.69, 9.17) is 4.52 Å². The summed E-state index contributed by atoms with van der Waals surface area (Å²) >= 11 is 0. The Kier molecular flexibility index (Phi) is 5.98. The lowest BCUT2D eigenvalue weighted by molar-refractivity contribution is 0.242. The summed E-state index contributed by atoms with van der Waals surface area (Å²) in [5.74, 6) is 2.30. The highest BCUT2D eigenvalue weighted by atomic mass is 16.5. The van der Waals surface area contributed by atoms with Crippen LogP contribution in [-0.2, 0) is 12.8 Å². The molecule has 1 aromatic heterocycles. The van der Waals surface area contributed by atoms with Gasteiger partial charge in [-0.25, -0.2) is 0 Å². The molecule has 20 heavy (non-hydrogen) atoms. The Morgan fingerprint density at radius 3 is 2.85 bits per heavy atom. The second kappa shape index (κ2) is 7.74. The van der Waals surface area contributed by atoms with Gasteiger partial charge in [0, 0.05) is 25.4 Å². The first-order chi connectivity index (χ1) is 9.69. The minimum Gasteiger partial charge on any atom is -0.339 e. The summed E-state index contributed by atoms with van der Waals surface area (Å²) in [4.78, 5) is 6.68. The fourth-order valence-electron chi connectivity index (χ4n) is 3.01. The first kappa shape index (κ1) is 15.4. The highest BCUT2D eigenvalue weighted by Gasteiger charge is 2.26. The predicted molar refractivity (Wildman–Crippen MR) is 79.7 cm³/mol. The van der Waals surface area contributed by atoms with Gasteiger partial charge in [-0.1, -0.05) is 24.9 Å². The van der Waals surface area contributed by atoms with Crippen molar-refractivity contribution in [3.63, 3.8) is 0 Å². The van der Waals surface area contributed by atoms with E-state index < -0.39 is 0 Å². The van der Waals surface area contributed by atoms with Gasteiger partial charge in [0.2, 0.25) is 5.89 Å². The molecule has 1 fully saturated rings. The third-order valence-corrected chi connectivity index (χ3v) is 4.10. The minimum absolute atomic E-state index is 0.617. The van der Waals surface area contributed by atoms with Crippen LogP contribution in [0.2, 0.25) is 0 Å². The number of likely N-dealkylation sites (N-methyl/N-ethyl adjacent to an activating group) is 1. The lowest BCUT2D eigenvalue weighted by Gasteiger charge is -2.31. The van der Waals surface area contributed by atoms with Gasteiger partial charge in [-0.15, -0.1) is 0 Å². The van der Waals surface area contributed by atoms with Crippen molar-refractivity contribution in [1.82, 2.24) is 20.4 Å². The molecule has 0 bridgehead atoms. The van der Waals surface area contributed by atoms with E-state index in [-0.39, 0.29) is 0 Å². The van der Waals surface area contributed by atoms with Crippen LogP contribution >= 0.6 is 0 Å². The van der Waals surface area contributed by atoms with Gasteiger partial charge in [-0.3, -0.25) is 0 Å². The van der Waals surface area contributed by atoms with Crippen molar-refractivity contribution < 1.29 is 4.52 Å². The predicted octanol–water partition coefficient (Wildman–Crippen LogP) is 1.88. The van der Waals surface area contributed by atoms with Crippen molar-refractivity contribution in [3.8, 4) is 0 Å². The van der Waals surface area contributed by atoms with Crippen molar-refractivity contribution >= 4 is 0 Å². The minimum atomic E-state index is 0.617. The van der Waals surface area contributed by atoms with Gasteiger partial charge in [0.25, 0.3) is 0 Å². The van der Waals surface area contributed by atoms with Crippen LogP contribution in [-0.4, -0.2) is 48.3 Å². The standard InChI is InChI=1S/C15H28N4O/c1-4-16-13-8-6-5-7-12(13)11-15-17-14(18-20-15)9-10-19(2)3/h12-13,16H,4-11H2,1-3H3. The fourth-order valence-corrected chi connectivity index (χ4v) is 3.01. The topological polar surface area (TPSA) is 54.2 Å². The molecule has 5 heteroatoms. The Morgan fingerprint density at radius 2 is 2.10 bits per heavy atom. The van der Waals surface area contributed by atoms with Crippen LogP contribution < -0.4 is 5.32 Å². The molecular weight excluding hydrogens is 252 g/mol. The second-order valence-electron chi connectivity index (χ2n) is 6.07. The Labute approximate surface area is 122 Å². The molecule has 0 aromatic carbocycles. The molecule has 114 valence electrons. The maximum Gasteiger partial charge on any atom is 0.226 e. The van der Waals surface area contributed by atoms with E-state index in [1.54, 1.807) is 0 Å². The molecule has 0 radical (unpaired) electrons. The van der Waals surface area contributed by atoms with E-state index in [1.807, 2.05) is 0 Å². The maximum absolute atomic E-state index is 5.42. The molecule has 0 amide bonds. The van der Waals surface area contributed by atoms with Crippen LogP contribution in [0, 0.1) is 5.92 Å². The molecule has 1 aromatic rings. The van der Waals surface area contributed by atoms with Gasteiger partial charge in [0.15, 0.2) is 5.82 Å². The molecule has 2 rings (SSSR count). The summed E-state index contributed by atoms with van der Waals surface area (Å²) in [7, 11) is 4.12. The number of aromatic nitrogens is 2. The summed E-state index contributed by atoms with van der Waals surface area (Å²) in [5, 5.41) is 7.70.